The summed E-state index contributed by atoms with van der Waals surface area (Å²) in [6.07, 6.45) is 1.93. The lowest BCUT2D eigenvalue weighted by Crippen LogP contribution is -2.38. The van der Waals surface area contributed by atoms with Crippen molar-refractivity contribution in [1.82, 2.24) is 5.06 Å². The van der Waals surface area contributed by atoms with Gasteiger partial charge in [0, 0.05) is 6.61 Å². The van der Waals surface area contributed by atoms with Gasteiger partial charge in [-0.15, -0.1) is 0 Å². The number of amides is 2. The fourth-order valence-electron chi connectivity index (χ4n) is 2.79. The number of fused-ring (bicyclic) bond motifs is 1. The summed E-state index contributed by atoms with van der Waals surface area (Å²) in [5.41, 5.74) is 0.525. The Morgan fingerprint density at radius 2 is 1.91 bits per heavy atom. The van der Waals surface area contributed by atoms with Gasteiger partial charge in [-0.3, -0.25) is 9.59 Å². The zero-order valence-corrected chi connectivity index (χ0v) is 12.3. The van der Waals surface area contributed by atoms with Gasteiger partial charge in [-0.25, -0.2) is 4.79 Å². The van der Waals surface area contributed by atoms with E-state index in [1.54, 1.807) is 24.3 Å². The van der Waals surface area contributed by atoms with E-state index in [2.05, 4.69) is 0 Å². The number of hydrogen-bond acceptors (Lipinski definition) is 5. The van der Waals surface area contributed by atoms with Gasteiger partial charge >= 0.3 is 5.97 Å². The van der Waals surface area contributed by atoms with Crippen molar-refractivity contribution in [3.63, 3.8) is 0 Å². The standard InChI is InChI=1S/C16H17NO5/c1-2-11-9-10(7-8-21-11)16(20)22-17-14(18)12-5-3-4-6-13(12)15(17)19/h3-6,10-11H,2,7-9H2,1H3. The van der Waals surface area contributed by atoms with Crippen molar-refractivity contribution >= 4 is 17.8 Å². The van der Waals surface area contributed by atoms with Crippen molar-refractivity contribution in [2.45, 2.75) is 32.3 Å². The van der Waals surface area contributed by atoms with Crippen molar-refractivity contribution in [2.24, 2.45) is 5.92 Å². The SMILES string of the molecule is CCC1CC(C(=O)ON2C(=O)c3ccccc3C2=O)CCO1. The van der Waals surface area contributed by atoms with Crippen LogP contribution in [0.5, 0.6) is 0 Å². The number of hydrogen-bond donors (Lipinski definition) is 0. The first-order valence-corrected chi connectivity index (χ1v) is 7.43. The third-order valence-electron chi connectivity index (χ3n) is 4.09. The summed E-state index contributed by atoms with van der Waals surface area (Å²) in [6, 6.07) is 6.43. The topological polar surface area (TPSA) is 72.9 Å². The highest BCUT2D eigenvalue weighted by atomic mass is 16.7. The van der Waals surface area contributed by atoms with Crippen LogP contribution in [-0.4, -0.2) is 35.6 Å². The fourth-order valence-corrected chi connectivity index (χ4v) is 2.79. The van der Waals surface area contributed by atoms with Gasteiger partial charge in [0.2, 0.25) is 0 Å². The van der Waals surface area contributed by atoms with Crippen LogP contribution in [-0.2, 0) is 14.4 Å². The molecule has 0 bridgehead atoms. The molecule has 0 aromatic heterocycles. The summed E-state index contributed by atoms with van der Waals surface area (Å²) < 4.78 is 5.52. The maximum Gasteiger partial charge on any atom is 0.336 e. The summed E-state index contributed by atoms with van der Waals surface area (Å²) in [5, 5.41) is 0.573. The van der Waals surface area contributed by atoms with Gasteiger partial charge in [-0.2, -0.15) is 0 Å². The third-order valence-corrected chi connectivity index (χ3v) is 4.09. The summed E-state index contributed by atoms with van der Waals surface area (Å²) in [7, 11) is 0. The molecule has 0 spiro atoms. The average molecular weight is 303 g/mol. The molecule has 1 aromatic rings. The van der Waals surface area contributed by atoms with E-state index < -0.39 is 17.8 Å². The zero-order valence-electron chi connectivity index (χ0n) is 12.3. The second-order valence-electron chi connectivity index (χ2n) is 5.48. The Kier molecular flexibility index (Phi) is 3.94. The Balaban J connectivity index is 1.70. The van der Waals surface area contributed by atoms with Gasteiger partial charge < -0.3 is 9.57 Å². The lowest BCUT2D eigenvalue weighted by molar-refractivity contribution is -0.178. The van der Waals surface area contributed by atoms with E-state index in [1.165, 1.54) is 0 Å². The highest BCUT2D eigenvalue weighted by Crippen LogP contribution is 2.27. The predicted molar refractivity (Wildman–Crippen MR) is 75.8 cm³/mol. The molecule has 0 aliphatic carbocycles. The summed E-state index contributed by atoms with van der Waals surface area (Å²) in [5.74, 6) is -2.07. The van der Waals surface area contributed by atoms with Gasteiger partial charge in [0.05, 0.1) is 23.1 Å². The molecule has 0 saturated carbocycles. The van der Waals surface area contributed by atoms with Crippen LogP contribution in [0.1, 0.15) is 46.9 Å². The van der Waals surface area contributed by atoms with E-state index in [-0.39, 0.29) is 23.1 Å². The molecule has 116 valence electrons. The van der Waals surface area contributed by atoms with Gasteiger partial charge in [0.1, 0.15) is 0 Å². The second kappa shape index (κ2) is 5.88. The second-order valence-corrected chi connectivity index (χ2v) is 5.48. The van der Waals surface area contributed by atoms with Crippen LogP contribution >= 0.6 is 0 Å². The molecule has 0 N–H and O–H groups in total. The van der Waals surface area contributed by atoms with E-state index in [9.17, 15) is 14.4 Å². The van der Waals surface area contributed by atoms with Crippen molar-refractivity contribution < 1.29 is 24.0 Å². The largest absolute Gasteiger partial charge is 0.378 e. The molecule has 2 amide bonds. The first-order chi connectivity index (χ1) is 10.6. The Hall–Kier alpha value is -2.21. The minimum atomic E-state index is -0.590. The molecule has 2 aliphatic heterocycles. The predicted octanol–water partition coefficient (Wildman–Crippen LogP) is 1.95. The Morgan fingerprint density at radius 1 is 1.27 bits per heavy atom. The van der Waals surface area contributed by atoms with Crippen molar-refractivity contribution in [2.75, 3.05) is 6.61 Å². The lowest BCUT2D eigenvalue weighted by atomic mass is 9.95. The van der Waals surface area contributed by atoms with E-state index in [1.807, 2.05) is 6.92 Å². The molecule has 1 saturated heterocycles. The molecule has 0 radical (unpaired) electrons. The van der Waals surface area contributed by atoms with Crippen LogP contribution in [0.4, 0.5) is 0 Å². The molecule has 6 heteroatoms. The van der Waals surface area contributed by atoms with Crippen LogP contribution in [0.15, 0.2) is 24.3 Å². The fraction of sp³-hybridized carbons (Fsp3) is 0.438. The highest BCUT2D eigenvalue weighted by Gasteiger charge is 2.40. The molecule has 3 rings (SSSR count). The van der Waals surface area contributed by atoms with Crippen LogP contribution in [0.3, 0.4) is 0 Å². The maximum absolute atomic E-state index is 12.2. The number of carbonyl (C=O) groups is 3. The van der Waals surface area contributed by atoms with E-state index in [0.29, 0.717) is 24.5 Å². The number of benzene rings is 1. The number of hydroxylamine groups is 2. The normalized spacial score (nSPS) is 24.3. The van der Waals surface area contributed by atoms with E-state index in [4.69, 9.17) is 9.57 Å². The molecule has 2 atom stereocenters. The molecule has 22 heavy (non-hydrogen) atoms. The quantitative estimate of drug-likeness (QED) is 0.798. The molecule has 2 unspecified atom stereocenters. The third kappa shape index (κ3) is 2.50. The van der Waals surface area contributed by atoms with E-state index >= 15 is 0 Å². The van der Waals surface area contributed by atoms with Crippen LogP contribution in [0, 0.1) is 5.92 Å². The molecule has 2 aliphatic rings. The van der Waals surface area contributed by atoms with Crippen LogP contribution in [0.25, 0.3) is 0 Å². The van der Waals surface area contributed by atoms with E-state index in [0.717, 1.165) is 6.42 Å². The Morgan fingerprint density at radius 3 is 2.50 bits per heavy atom. The number of carbonyl (C=O) groups excluding carboxylic acids is 3. The zero-order chi connectivity index (χ0) is 15.7. The maximum atomic E-state index is 12.2. The number of ether oxygens (including phenoxy) is 1. The molecular weight excluding hydrogens is 286 g/mol. The van der Waals surface area contributed by atoms with Gasteiger partial charge in [0.25, 0.3) is 11.8 Å². The molecule has 6 nitrogen and oxygen atoms in total. The van der Waals surface area contributed by atoms with Crippen LogP contribution in [0.2, 0.25) is 0 Å². The monoisotopic (exact) mass is 303 g/mol. The number of nitrogens with zero attached hydrogens (tertiary/aromatic N) is 1. The summed E-state index contributed by atoms with van der Waals surface area (Å²) in [6.45, 7) is 2.48. The van der Waals surface area contributed by atoms with Gasteiger partial charge in [-0.05, 0) is 31.4 Å². The van der Waals surface area contributed by atoms with Crippen LogP contribution < -0.4 is 0 Å². The summed E-state index contributed by atoms with van der Waals surface area (Å²) in [4.78, 5) is 41.6. The smallest absolute Gasteiger partial charge is 0.336 e. The van der Waals surface area contributed by atoms with Crippen molar-refractivity contribution in [3.05, 3.63) is 35.4 Å². The van der Waals surface area contributed by atoms with Crippen molar-refractivity contribution in [3.8, 4) is 0 Å². The molecule has 1 aromatic carbocycles. The Bertz CT molecular complexity index is 592. The first kappa shape index (κ1) is 14.7. The summed E-state index contributed by atoms with van der Waals surface area (Å²) >= 11 is 0. The molecule has 1 fully saturated rings. The average Bonchev–Trinajstić information content (AvgIpc) is 2.80. The first-order valence-electron chi connectivity index (χ1n) is 7.43. The Labute approximate surface area is 127 Å². The number of rotatable bonds is 3. The van der Waals surface area contributed by atoms with Gasteiger partial charge in [0.15, 0.2) is 0 Å². The lowest BCUT2D eigenvalue weighted by Gasteiger charge is -2.28. The highest BCUT2D eigenvalue weighted by molar-refractivity contribution is 6.20. The number of imide groups is 1. The minimum Gasteiger partial charge on any atom is -0.378 e. The van der Waals surface area contributed by atoms with Gasteiger partial charge in [-0.1, -0.05) is 24.1 Å². The minimum absolute atomic E-state index is 0.0217. The molecule has 2 heterocycles. The molecular formula is C16H17NO5. The van der Waals surface area contributed by atoms with Crippen molar-refractivity contribution in [1.29, 1.82) is 0 Å².